The first-order chi connectivity index (χ1) is 18.9. The summed E-state index contributed by atoms with van der Waals surface area (Å²) in [7, 11) is 0. The Labute approximate surface area is 235 Å². The molecule has 0 saturated heterocycles. The number of carbonyl (C=O) groups excluding carboxylic acids is 1. The van der Waals surface area contributed by atoms with E-state index in [0.29, 0.717) is 32.5 Å². The number of hydrogen-bond donors (Lipinski definition) is 1. The van der Waals surface area contributed by atoms with Crippen LogP contribution in [-0.4, -0.2) is 28.4 Å². The fourth-order valence-corrected chi connectivity index (χ4v) is 4.78. The molecule has 1 N–H and O–H groups in total. The van der Waals surface area contributed by atoms with Gasteiger partial charge in [0.15, 0.2) is 18.2 Å². The summed E-state index contributed by atoms with van der Waals surface area (Å²) in [5, 5.41) is 7.73. The third kappa shape index (κ3) is 6.05. The van der Waals surface area contributed by atoms with Crippen molar-refractivity contribution in [3.05, 3.63) is 122 Å². The Hall–Kier alpha value is -4.34. The summed E-state index contributed by atoms with van der Waals surface area (Å²) < 4.78 is 20.4. The first-order valence-electron chi connectivity index (χ1n) is 11.7. The molecule has 0 aliphatic rings. The molecule has 10 heteroatoms. The number of fused-ring (bicyclic) bond motifs is 1. The Balaban J connectivity index is 1.39. The monoisotopic (exact) mass is 604 g/mol. The highest BCUT2D eigenvalue weighted by molar-refractivity contribution is 9.10. The summed E-state index contributed by atoms with van der Waals surface area (Å²) >= 11 is 9.87. The van der Waals surface area contributed by atoms with Crippen LogP contribution in [0.25, 0.3) is 22.3 Å². The van der Waals surface area contributed by atoms with Crippen molar-refractivity contribution in [1.29, 1.82) is 0 Å². The molecule has 0 aliphatic heterocycles. The number of rotatable bonds is 7. The summed E-state index contributed by atoms with van der Waals surface area (Å²) in [4.78, 5) is 30.3. The second-order valence-corrected chi connectivity index (χ2v) is 9.60. The summed E-state index contributed by atoms with van der Waals surface area (Å²) in [6.07, 6.45) is 1.49. The summed E-state index contributed by atoms with van der Waals surface area (Å²) in [5.74, 6) is -0.182. The minimum Gasteiger partial charge on any atom is -0.481 e. The van der Waals surface area contributed by atoms with Crippen molar-refractivity contribution < 1.29 is 13.9 Å². The second kappa shape index (κ2) is 11.6. The Morgan fingerprint density at radius 3 is 2.51 bits per heavy atom. The van der Waals surface area contributed by atoms with E-state index in [1.54, 1.807) is 30.3 Å². The molecule has 39 heavy (non-hydrogen) atoms. The van der Waals surface area contributed by atoms with Crippen LogP contribution in [-0.2, 0) is 4.79 Å². The highest BCUT2D eigenvalue weighted by atomic mass is 79.9. The third-order valence-corrected chi connectivity index (χ3v) is 6.47. The van der Waals surface area contributed by atoms with Crippen molar-refractivity contribution in [2.75, 3.05) is 11.9 Å². The van der Waals surface area contributed by atoms with Crippen LogP contribution in [0.15, 0.2) is 105 Å². The van der Waals surface area contributed by atoms with Crippen LogP contribution in [0.5, 0.6) is 5.75 Å². The number of anilines is 1. The van der Waals surface area contributed by atoms with Gasteiger partial charge in [-0.2, -0.15) is 9.78 Å². The van der Waals surface area contributed by atoms with E-state index in [1.165, 1.54) is 35.2 Å². The zero-order valence-corrected chi connectivity index (χ0v) is 22.5. The van der Waals surface area contributed by atoms with Gasteiger partial charge in [0.25, 0.3) is 11.5 Å². The molecule has 0 spiro atoms. The van der Waals surface area contributed by atoms with E-state index in [-0.39, 0.29) is 22.9 Å². The van der Waals surface area contributed by atoms with Crippen molar-refractivity contribution in [2.45, 2.75) is 0 Å². The molecule has 1 aromatic heterocycles. The first-order valence-corrected chi connectivity index (χ1v) is 12.8. The molecule has 5 aromatic rings. The number of aromatic nitrogens is 2. The molecular weight excluding hydrogens is 587 g/mol. The fraction of sp³-hybridized carbons (Fsp3) is 0.0345. The molecule has 4 aromatic carbocycles. The summed E-state index contributed by atoms with van der Waals surface area (Å²) in [6.45, 7) is -0.318. The highest BCUT2D eigenvalue weighted by Crippen LogP contribution is 2.34. The van der Waals surface area contributed by atoms with Crippen molar-refractivity contribution in [1.82, 2.24) is 9.66 Å². The first kappa shape index (κ1) is 26.3. The van der Waals surface area contributed by atoms with E-state index in [4.69, 9.17) is 16.3 Å². The van der Waals surface area contributed by atoms with Crippen LogP contribution in [0.1, 0.15) is 5.56 Å². The lowest BCUT2D eigenvalue weighted by Crippen LogP contribution is -2.20. The number of benzene rings is 4. The quantitative estimate of drug-likeness (QED) is 0.214. The number of halogens is 3. The highest BCUT2D eigenvalue weighted by Gasteiger charge is 2.14. The fourth-order valence-electron chi connectivity index (χ4n) is 3.79. The van der Waals surface area contributed by atoms with Crippen molar-refractivity contribution in [3.63, 3.8) is 0 Å². The van der Waals surface area contributed by atoms with Gasteiger partial charge in [-0.05, 0) is 70.0 Å². The SMILES string of the molecule is O=C(COc1c(Cl)cc(C=Nn2c(-c3ccccc3)nc3ccccc3c2=O)cc1Br)Nc1ccc(F)cc1. The summed E-state index contributed by atoms with van der Waals surface area (Å²) in [6, 6.07) is 25.1. The van der Waals surface area contributed by atoms with Crippen LogP contribution in [0.4, 0.5) is 10.1 Å². The maximum Gasteiger partial charge on any atom is 0.282 e. The van der Waals surface area contributed by atoms with Gasteiger partial charge in [-0.1, -0.05) is 54.1 Å². The Bertz CT molecular complexity index is 1740. The van der Waals surface area contributed by atoms with Crippen LogP contribution >= 0.6 is 27.5 Å². The van der Waals surface area contributed by atoms with E-state index >= 15 is 0 Å². The van der Waals surface area contributed by atoms with Crippen molar-refractivity contribution >= 4 is 56.2 Å². The van der Waals surface area contributed by atoms with Gasteiger partial charge < -0.3 is 10.1 Å². The van der Waals surface area contributed by atoms with Gasteiger partial charge in [0.05, 0.1) is 26.6 Å². The lowest BCUT2D eigenvalue weighted by molar-refractivity contribution is -0.118. The topological polar surface area (TPSA) is 85.6 Å². The minimum atomic E-state index is -0.438. The Morgan fingerprint density at radius 1 is 1.05 bits per heavy atom. The van der Waals surface area contributed by atoms with Crippen LogP contribution in [0.3, 0.4) is 0 Å². The molecule has 0 saturated carbocycles. The van der Waals surface area contributed by atoms with Gasteiger partial charge in [0.2, 0.25) is 0 Å². The lowest BCUT2D eigenvalue weighted by Gasteiger charge is -2.12. The van der Waals surface area contributed by atoms with Gasteiger partial charge in [-0.25, -0.2) is 9.37 Å². The third-order valence-electron chi connectivity index (χ3n) is 5.60. The van der Waals surface area contributed by atoms with Gasteiger partial charge in [0.1, 0.15) is 5.82 Å². The molecule has 0 fully saturated rings. The van der Waals surface area contributed by atoms with Crippen LogP contribution in [0.2, 0.25) is 5.02 Å². The molecule has 7 nitrogen and oxygen atoms in total. The van der Waals surface area contributed by atoms with E-state index in [1.807, 2.05) is 36.4 Å². The van der Waals surface area contributed by atoms with E-state index < -0.39 is 11.7 Å². The largest absolute Gasteiger partial charge is 0.481 e. The van der Waals surface area contributed by atoms with E-state index in [2.05, 4.69) is 31.3 Å². The van der Waals surface area contributed by atoms with Gasteiger partial charge in [0, 0.05) is 11.3 Å². The predicted molar refractivity (Wildman–Crippen MR) is 154 cm³/mol. The number of carbonyl (C=O) groups is 1. The second-order valence-electron chi connectivity index (χ2n) is 8.34. The molecule has 5 rings (SSSR count). The Morgan fingerprint density at radius 2 is 1.77 bits per heavy atom. The molecule has 194 valence electrons. The predicted octanol–water partition coefficient (Wildman–Crippen LogP) is 6.52. The smallest absolute Gasteiger partial charge is 0.282 e. The number of para-hydroxylation sites is 1. The molecule has 0 radical (unpaired) electrons. The minimum absolute atomic E-state index is 0.229. The van der Waals surface area contributed by atoms with Gasteiger partial charge in [-0.15, -0.1) is 0 Å². The number of nitrogens with zero attached hydrogens (tertiary/aromatic N) is 3. The average molecular weight is 606 g/mol. The Kier molecular flexibility index (Phi) is 7.81. The van der Waals surface area contributed by atoms with Gasteiger partial charge >= 0.3 is 0 Å². The number of nitrogens with one attached hydrogen (secondary N) is 1. The van der Waals surface area contributed by atoms with Crippen molar-refractivity contribution in [2.24, 2.45) is 5.10 Å². The van der Waals surface area contributed by atoms with Crippen LogP contribution in [0, 0.1) is 5.82 Å². The molecule has 0 atom stereocenters. The van der Waals surface area contributed by atoms with E-state index in [0.717, 1.165) is 5.56 Å². The normalized spacial score (nSPS) is 11.2. The molecule has 1 amide bonds. The number of ether oxygens (including phenoxy) is 1. The maximum atomic E-state index is 13.3. The lowest BCUT2D eigenvalue weighted by atomic mass is 10.2. The van der Waals surface area contributed by atoms with Crippen molar-refractivity contribution in [3.8, 4) is 17.1 Å². The van der Waals surface area contributed by atoms with E-state index in [9.17, 15) is 14.0 Å². The summed E-state index contributed by atoms with van der Waals surface area (Å²) in [5.41, 5.74) is 2.01. The molecule has 1 heterocycles. The number of hydrogen-bond acceptors (Lipinski definition) is 5. The van der Waals surface area contributed by atoms with Gasteiger partial charge in [-0.3, -0.25) is 9.59 Å². The van der Waals surface area contributed by atoms with Crippen LogP contribution < -0.4 is 15.6 Å². The molecular formula is C29H19BrClFN4O3. The zero-order chi connectivity index (χ0) is 27.4. The molecule has 0 aliphatic carbocycles. The number of amides is 1. The zero-order valence-electron chi connectivity index (χ0n) is 20.1. The molecule has 0 unspecified atom stereocenters. The standard InChI is InChI=1S/C29H19BrClFN4O3/c30-23-14-18(15-24(31)27(23)39-17-26(37)34-21-12-10-20(32)11-13-21)16-33-36-28(19-6-2-1-3-7-19)35-25-9-5-4-8-22(25)29(36)38/h1-16H,17H2,(H,34,37). The molecule has 0 bridgehead atoms. The average Bonchev–Trinajstić information content (AvgIpc) is 2.94. The maximum absolute atomic E-state index is 13.3.